The Hall–Kier alpha value is -3.05. The minimum atomic E-state index is -4.56. The maximum Gasteiger partial charge on any atom is 0.433 e. The van der Waals surface area contributed by atoms with Gasteiger partial charge in [-0.3, -0.25) is 4.79 Å². The minimum Gasteiger partial charge on any atom is -0.481 e. The Morgan fingerprint density at radius 2 is 1.94 bits per heavy atom. The average molecular weight is 491 g/mol. The summed E-state index contributed by atoms with van der Waals surface area (Å²) in [4.78, 5) is 23.7. The highest BCUT2D eigenvalue weighted by molar-refractivity contribution is 7.15. The smallest absolute Gasteiger partial charge is 0.433 e. The lowest BCUT2D eigenvalue weighted by atomic mass is 9.46. The summed E-state index contributed by atoms with van der Waals surface area (Å²) in [5, 5.41) is 23.6. The molecule has 178 valence electrons. The summed E-state index contributed by atoms with van der Waals surface area (Å²) in [5.74, 6) is -1.27. The Labute approximate surface area is 196 Å². The summed E-state index contributed by atoms with van der Waals surface area (Å²) in [6, 6.07) is 6.27. The van der Waals surface area contributed by atoms with Crippen LogP contribution in [0.4, 0.5) is 24.8 Å². The molecule has 2 heterocycles. The van der Waals surface area contributed by atoms with Crippen molar-refractivity contribution >= 4 is 28.9 Å². The molecule has 0 aliphatic heterocycles. The number of aliphatic carboxylic acids is 1. The monoisotopic (exact) mass is 490 g/mol. The van der Waals surface area contributed by atoms with Crippen LogP contribution in [0, 0.1) is 18.3 Å². The van der Waals surface area contributed by atoms with Gasteiger partial charge in [-0.05, 0) is 67.3 Å². The molecule has 0 saturated heterocycles. The van der Waals surface area contributed by atoms with Crippen molar-refractivity contribution < 1.29 is 28.2 Å². The molecule has 0 amide bonds. The van der Waals surface area contributed by atoms with Crippen LogP contribution in [0.1, 0.15) is 41.9 Å². The summed E-state index contributed by atoms with van der Waals surface area (Å²) in [5.41, 5.74) is 0.0123. The van der Waals surface area contributed by atoms with E-state index in [2.05, 4.69) is 20.3 Å². The molecule has 2 saturated carbocycles. The fourth-order valence-electron chi connectivity index (χ4n) is 5.12. The van der Waals surface area contributed by atoms with E-state index < -0.39 is 23.4 Å². The van der Waals surface area contributed by atoms with E-state index in [-0.39, 0.29) is 17.3 Å². The van der Waals surface area contributed by atoms with Crippen molar-refractivity contribution in [2.75, 3.05) is 5.32 Å². The molecular weight excluding hydrogens is 469 g/mol. The molecule has 34 heavy (non-hydrogen) atoms. The first-order chi connectivity index (χ1) is 15.9. The number of benzene rings is 1. The van der Waals surface area contributed by atoms with E-state index in [1.54, 1.807) is 18.3 Å². The number of carboxylic acid groups (broad SMARTS) is 1. The normalized spacial score (nSPS) is 26.1. The van der Waals surface area contributed by atoms with Crippen LogP contribution < -0.4 is 5.32 Å². The number of aliphatic hydroxyl groups is 1. The molecule has 7 nitrogen and oxygen atoms in total. The summed E-state index contributed by atoms with van der Waals surface area (Å²) < 4.78 is 38.8. The van der Waals surface area contributed by atoms with Gasteiger partial charge in [0.25, 0.3) is 0 Å². The highest BCUT2D eigenvalue weighted by Crippen LogP contribution is 2.66. The number of thiazole rings is 1. The molecule has 1 aromatic carbocycles. The first-order valence-electron chi connectivity index (χ1n) is 10.7. The van der Waals surface area contributed by atoms with Gasteiger partial charge in [-0.25, -0.2) is 15.0 Å². The van der Waals surface area contributed by atoms with Crippen molar-refractivity contribution in [1.82, 2.24) is 15.0 Å². The number of hydrogen-bond donors (Lipinski definition) is 3. The topological polar surface area (TPSA) is 108 Å². The van der Waals surface area contributed by atoms with E-state index in [9.17, 15) is 23.1 Å². The fraction of sp³-hybridized carbons (Fsp3) is 0.391. The molecule has 1 spiro atoms. The second-order valence-electron chi connectivity index (χ2n) is 9.33. The molecule has 2 aliphatic carbocycles. The van der Waals surface area contributed by atoms with Crippen molar-refractivity contribution in [3.8, 4) is 10.4 Å². The Morgan fingerprint density at radius 1 is 1.21 bits per heavy atom. The van der Waals surface area contributed by atoms with E-state index in [1.807, 2.05) is 13.0 Å². The van der Waals surface area contributed by atoms with Crippen molar-refractivity contribution in [3.05, 3.63) is 52.9 Å². The molecule has 0 atom stereocenters. The second kappa shape index (κ2) is 7.74. The summed E-state index contributed by atoms with van der Waals surface area (Å²) in [6.45, 7) is 1.86. The van der Waals surface area contributed by atoms with Crippen molar-refractivity contribution in [3.63, 3.8) is 0 Å². The third-order valence-electron chi connectivity index (χ3n) is 6.51. The fourth-order valence-corrected chi connectivity index (χ4v) is 6.10. The highest BCUT2D eigenvalue weighted by Gasteiger charge is 2.62. The maximum atomic E-state index is 12.9. The molecule has 0 unspecified atom stereocenters. The number of halogens is 3. The van der Waals surface area contributed by atoms with Gasteiger partial charge >= 0.3 is 12.1 Å². The SMILES string of the molecule is Cc1cc(Nc2nccc(C(F)(F)F)n2)cc(-c2cnc(C3(O)CC4(CC(C(=O)O)C4)C3)s2)c1. The number of carboxylic acids is 1. The Kier molecular flexibility index (Phi) is 5.17. The van der Waals surface area contributed by atoms with Gasteiger partial charge in [-0.15, -0.1) is 11.3 Å². The number of nitrogens with one attached hydrogen (secondary N) is 1. The number of aromatic nitrogens is 3. The molecule has 11 heteroatoms. The van der Waals surface area contributed by atoms with Gasteiger partial charge in [-0.2, -0.15) is 13.2 Å². The Morgan fingerprint density at radius 3 is 2.62 bits per heavy atom. The van der Waals surface area contributed by atoms with Crippen LogP contribution in [0.15, 0.2) is 36.7 Å². The van der Waals surface area contributed by atoms with Gasteiger partial charge in [0.05, 0.1) is 10.8 Å². The first-order valence-corrected chi connectivity index (χ1v) is 11.5. The summed E-state index contributed by atoms with van der Waals surface area (Å²) in [6.07, 6.45) is 0.347. The Bertz CT molecular complexity index is 1260. The molecule has 2 fully saturated rings. The summed E-state index contributed by atoms with van der Waals surface area (Å²) in [7, 11) is 0. The Balaban J connectivity index is 1.33. The number of carbonyl (C=O) groups is 1. The second-order valence-corrected chi connectivity index (χ2v) is 10.4. The number of rotatable bonds is 5. The highest BCUT2D eigenvalue weighted by atomic mass is 32.1. The van der Waals surface area contributed by atoms with E-state index in [0.29, 0.717) is 36.4 Å². The molecule has 3 N–H and O–H groups in total. The zero-order chi connectivity index (χ0) is 24.3. The predicted octanol–water partition coefficient (Wildman–Crippen LogP) is 5.13. The third-order valence-corrected chi connectivity index (χ3v) is 7.75. The van der Waals surface area contributed by atoms with Crippen LogP contribution in [0.25, 0.3) is 10.4 Å². The molecule has 2 aliphatic rings. The molecular formula is C23H21F3N4O3S. The van der Waals surface area contributed by atoms with Gasteiger partial charge in [0.2, 0.25) is 5.95 Å². The van der Waals surface area contributed by atoms with E-state index in [4.69, 9.17) is 5.11 Å². The maximum absolute atomic E-state index is 12.9. The minimum absolute atomic E-state index is 0.102. The largest absolute Gasteiger partial charge is 0.481 e. The third kappa shape index (κ3) is 4.14. The van der Waals surface area contributed by atoms with Crippen molar-refractivity contribution in [2.45, 2.75) is 44.4 Å². The molecule has 3 aromatic rings. The zero-order valence-corrected chi connectivity index (χ0v) is 18.9. The lowest BCUT2D eigenvalue weighted by Crippen LogP contribution is -2.57. The zero-order valence-electron chi connectivity index (χ0n) is 18.1. The summed E-state index contributed by atoms with van der Waals surface area (Å²) >= 11 is 1.36. The molecule has 0 radical (unpaired) electrons. The lowest BCUT2D eigenvalue weighted by molar-refractivity contribution is -0.197. The van der Waals surface area contributed by atoms with Gasteiger partial charge in [0.1, 0.15) is 16.3 Å². The number of alkyl halides is 3. The van der Waals surface area contributed by atoms with E-state index in [1.165, 1.54) is 11.3 Å². The van der Waals surface area contributed by atoms with E-state index in [0.717, 1.165) is 28.3 Å². The van der Waals surface area contributed by atoms with Crippen molar-refractivity contribution in [2.24, 2.45) is 11.3 Å². The van der Waals surface area contributed by atoms with Crippen LogP contribution in [-0.2, 0) is 16.6 Å². The average Bonchev–Trinajstić information content (AvgIpc) is 3.19. The number of aryl methyl sites for hydroxylation is 1. The van der Waals surface area contributed by atoms with Crippen LogP contribution >= 0.6 is 11.3 Å². The number of nitrogens with zero attached hydrogens (tertiary/aromatic N) is 3. The lowest BCUT2D eigenvalue weighted by Gasteiger charge is -2.59. The van der Waals surface area contributed by atoms with Crippen LogP contribution in [-0.4, -0.2) is 31.1 Å². The van der Waals surface area contributed by atoms with E-state index >= 15 is 0 Å². The molecule has 5 rings (SSSR count). The van der Waals surface area contributed by atoms with Gasteiger partial charge < -0.3 is 15.5 Å². The van der Waals surface area contributed by atoms with Gasteiger partial charge in [0.15, 0.2) is 0 Å². The quantitative estimate of drug-likeness (QED) is 0.455. The molecule has 2 aromatic heterocycles. The molecule has 0 bridgehead atoms. The van der Waals surface area contributed by atoms with Crippen LogP contribution in [0.5, 0.6) is 0 Å². The van der Waals surface area contributed by atoms with Crippen LogP contribution in [0.3, 0.4) is 0 Å². The number of hydrogen-bond acceptors (Lipinski definition) is 7. The van der Waals surface area contributed by atoms with Crippen LogP contribution in [0.2, 0.25) is 0 Å². The predicted molar refractivity (Wildman–Crippen MR) is 119 cm³/mol. The van der Waals surface area contributed by atoms with Crippen molar-refractivity contribution in [1.29, 1.82) is 0 Å². The standard InChI is InChI=1S/C23H21F3N4O3S/c1-12-4-13(6-15(5-12)29-20-27-3-2-17(30-20)23(24,25)26)16-9-28-19(34-16)22(33)10-21(11-22)7-14(8-21)18(31)32/h2-6,9,14,33H,7-8,10-11H2,1H3,(H,31,32)(H,27,29,30). The van der Waals surface area contributed by atoms with Gasteiger partial charge in [0, 0.05) is 18.1 Å². The first kappa shape index (κ1) is 22.7. The number of anilines is 2. The van der Waals surface area contributed by atoms with Gasteiger partial charge in [-0.1, -0.05) is 6.07 Å².